The molecule has 3 heterocycles. The van der Waals surface area contributed by atoms with E-state index in [-0.39, 0.29) is 18.2 Å². The minimum Gasteiger partial charge on any atom is -0.467 e. The van der Waals surface area contributed by atoms with Crippen molar-refractivity contribution in [3.63, 3.8) is 0 Å². The summed E-state index contributed by atoms with van der Waals surface area (Å²) in [5, 5.41) is 4.37. The van der Waals surface area contributed by atoms with Gasteiger partial charge < -0.3 is 14.6 Å². The Balaban J connectivity index is 1.34. The number of rotatable bonds is 6. The Labute approximate surface area is 181 Å². The van der Waals surface area contributed by atoms with Crippen molar-refractivity contribution in [2.24, 2.45) is 5.92 Å². The van der Waals surface area contributed by atoms with Crippen LogP contribution in [0.2, 0.25) is 10.0 Å². The van der Waals surface area contributed by atoms with E-state index in [1.54, 1.807) is 29.5 Å². The fourth-order valence-corrected chi connectivity index (χ4v) is 4.37. The van der Waals surface area contributed by atoms with E-state index >= 15 is 0 Å². The van der Waals surface area contributed by atoms with E-state index in [4.69, 9.17) is 27.6 Å². The molecule has 0 saturated carbocycles. The Kier molecular flexibility index (Phi) is 5.89. The van der Waals surface area contributed by atoms with Crippen LogP contribution in [0.5, 0.6) is 0 Å². The third-order valence-electron chi connectivity index (χ3n) is 4.66. The van der Waals surface area contributed by atoms with Crippen molar-refractivity contribution >= 4 is 51.5 Å². The largest absolute Gasteiger partial charge is 0.467 e. The molecule has 1 saturated heterocycles. The number of furan rings is 1. The average Bonchev–Trinajstić information content (AvgIpc) is 3.42. The summed E-state index contributed by atoms with van der Waals surface area (Å²) < 4.78 is 5.28. The van der Waals surface area contributed by atoms with Gasteiger partial charge in [0.05, 0.1) is 28.8 Å². The molecule has 6 nitrogen and oxygen atoms in total. The number of nitrogens with zero attached hydrogens (tertiary/aromatic N) is 2. The molecule has 4 rings (SSSR count). The monoisotopic (exact) mass is 449 g/mol. The number of hydrogen-bond acceptors (Lipinski definition) is 5. The van der Waals surface area contributed by atoms with E-state index in [0.717, 1.165) is 10.4 Å². The first-order valence-electron chi connectivity index (χ1n) is 8.97. The predicted molar refractivity (Wildman–Crippen MR) is 112 cm³/mol. The smallest absolute Gasteiger partial charge is 0.231 e. The highest BCUT2D eigenvalue weighted by Crippen LogP contribution is 2.27. The molecule has 1 unspecified atom stereocenters. The van der Waals surface area contributed by atoms with Crippen molar-refractivity contribution in [2.45, 2.75) is 19.4 Å². The number of halogens is 2. The zero-order chi connectivity index (χ0) is 20.4. The molecule has 1 aliphatic rings. The number of carbonyl (C=O) groups is 2. The molecule has 0 aliphatic carbocycles. The van der Waals surface area contributed by atoms with Crippen LogP contribution in [0, 0.1) is 5.92 Å². The van der Waals surface area contributed by atoms with E-state index in [0.29, 0.717) is 40.4 Å². The Bertz CT molecular complexity index is 1040. The minimum atomic E-state index is -0.403. The van der Waals surface area contributed by atoms with Gasteiger partial charge in [-0.1, -0.05) is 29.3 Å². The van der Waals surface area contributed by atoms with Crippen LogP contribution < -0.4 is 5.32 Å². The summed E-state index contributed by atoms with van der Waals surface area (Å²) >= 11 is 13.4. The summed E-state index contributed by atoms with van der Waals surface area (Å²) in [4.78, 5) is 31.7. The van der Waals surface area contributed by atoms with Crippen molar-refractivity contribution in [1.82, 2.24) is 9.88 Å². The molecule has 150 valence electrons. The number of anilines is 1. The molecule has 2 aromatic heterocycles. The van der Waals surface area contributed by atoms with Crippen LogP contribution in [-0.4, -0.2) is 28.2 Å². The van der Waals surface area contributed by atoms with Crippen molar-refractivity contribution in [3.8, 4) is 0 Å². The molecule has 0 radical (unpaired) electrons. The first-order chi connectivity index (χ1) is 14.0. The van der Waals surface area contributed by atoms with Crippen LogP contribution in [-0.2, 0) is 22.6 Å². The van der Waals surface area contributed by atoms with Crippen molar-refractivity contribution in [3.05, 3.63) is 69.0 Å². The van der Waals surface area contributed by atoms with Crippen molar-refractivity contribution < 1.29 is 14.0 Å². The third-order valence-corrected chi connectivity index (χ3v) is 6.31. The lowest BCUT2D eigenvalue weighted by atomic mass is 10.1. The van der Waals surface area contributed by atoms with Gasteiger partial charge in [0.15, 0.2) is 5.13 Å². The summed E-state index contributed by atoms with van der Waals surface area (Å²) in [5.41, 5.74) is 1.01. The van der Waals surface area contributed by atoms with Crippen LogP contribution in [0.1, 0.15) is 22.6 Å². The highest BCUT2D eigenvalue weighted by atomic mass is 35.5. The molecule has 1 N–H and O–H groups in total. The Morgan fingerprint density at radius 1 is 1.31 bits per heavy atom. The summed E-state index contributed by atoms with van der Waals surface area (Å²) in [7, 11) is 0. The Hall–Kier alpha value is -2.35. The molecule has 1 aromatic carbocycles. The predicted octanol–water partition coefficient (Wildman–Crippen LogP) is 4.62. The maximum atomic E-state index is 12.6. The molecule has 1 aliphatic heterocycles. The molecule has 1 atom stereocenters. The summed E-state index contributed by atoms with van der Waals surface area (Å²) in [6.45, 7) is 0.744. The van der Waals surface area contributed by atoms with E-state index in [1.165, 1.54) is 11.3 Å². The van der Waals surface area contributed by atoms with Gasteiger partial charge in [0.1, 0.15) is 5.76 Å². The van der Waals surface area contributed by atoms with Crippen LogP contribution in [0.25, 0.3) is 0 Å². The number of aromatic nitrogens is 1. The Morgan fingerprint density at radius 2 is 2.17 bits per heavy atom. The van der Waals surface area contributed by atoms with Crippen molar-refractivity contribution in [2.75, 3.05) is 11.9 Å². The van der Waals surface area contributed by atoms with Crippen LogP contribution in [0.3, 0.4) is 0 Å². The lowest BCUT2D eigenvalue weighted by molar-refractivity contribution is -0.128. The molecule has 0 spiro atoms. The van der Waals surface area contributed by atoms with Gasteiger partial charge in [0.2, 0.25) is 11.8 Å². The van der Waals surface area contributed by atoms with Gasteiger partial charge in [0.25, 0.3) is 0 Å². The van der Waals surface area contributed by atoms with Gasteiger partial charge in [-0.3, -0.25) is 9.59 Å². The second kappa shape index (κ2) is 8.57. The number of amides is 2. The lowest BCUT2D eigenvalue weighted by Crippen LogP contribution is -2.27. The van der Waals surface area contributed by atoms with Crippen LogP contribution in [0.15, 0.2) is 47.2 Å². The zero-order valence-electron chi connectivity index (χ0n) is 15.2. The minimum absolute atomic E-state index is 0.0546. The number of nitrogens with one attached hydrogen (secondary N) is 1. The lowest BCUT2D eigenvalue weighted by Gasteiger charge is -2.14. The van der Waals surface area contributed by atoms with Gasteiger partial charge >= 0.3 is 0 Å². The Morgan fingerprint density at radius 3 is 2.93 bits per heavy atom. The van der Waals surface area contributed by atoms with Gasteiger partial charge in [-0.15, -0.1) is 11.3 Å². The van der Waals surface area contributed by atoms with Crippen LogP contribution in [0.4, 0.5) is 5.13 Å². The van der Waals surface area contributed by atoms with E-state index < -0.39 is 5.92 Å². The summed E-state index contributed by atoms with van der Waals surface area (Å²) in [6.07, 6.45) is 4.13. The second-order valence-corrected chi connectivity index (χ2v) is 8.73. The molecule has 9 heteroatoms. The molecule has 3 aromatic rings. The maximum Gasteiger partial charge on any atom is 0.231 e. The fraction of sp³-hybridized carbons (Fsp3) is 0.250. The maximum absolute atomic E-state index is 12.6. The van der Waals surface area contributed by atoms with E-state index in [9.17, 15) is 9.59 Å². The first-order valence-corrected chi connectivity index (χ1v) is 10.5. The topological polar surface area (TPSA) is 75.4 Å². The molecular weight excluding hydrogens is 433 g/mol. The molecule has 2 amide bonds. The first kappa shape index (κ1) is 19.9. The summed E-state index contributed by atoms with van der Waals surface area (Å²) in [5.74, 6) is 0.0443. The molecule has 0 bridgehead atoms. The number of thiazole rings is 1. The quantitative estimate of drug-likeness (QED) is 0.595. The number of benzene rings is 1. The number of likely N-dealkylation sites (tertiary alicyclic amines) is 1. The number of carbonyl (C=O) groups excluding carboxylic acids is 2. The SMILES string of the molecule is O=C(Nc1ncc(Cc2ccc(Cl)c(Cl)c2)s1)C1CC(=O)N(Cc2ccco2)C1. The third kappa shape index (κ3) is 4.80. The molecule has 29 heavy (non-hydrogen) atoms. The second-order valence-electron chi connectivity index (χ2n) is 6.80. The van der Waals surface area contributed by atoms with Gasteiger partial charge in [-0.2, -0.15) is 0 Å². The van der Waals surface area contributed by atoms with E-state index in [2.05, 4.69) is 10.3 Å². The molecular formula is C20H17Cl2N3O3S. The number of hydrogen-bond donors (Lipinski definition) is 1. The summed E-state index contributed by atoms with van der Waals surface area (Å²) in [6, 6.07) is 9.07. The average molecular weight is 450 g/mol. The van der Waals surface area contributed by atoms with Gasteiger partial charge in [-0.25, -0.2) is 4.98 Å². The standard InChI is InChI=1S/C20H17Cl2N3O3S/c21-16-4-3-12(7-17(16)22)6-15-9-23-20(29-15)24-19(27)13-8-18(26)25(10-13)11-14-2-1-5-28-14/h1-5,7,9,13H,6,8,10-11H2,(H,23,24,27). The van der Waals surface area contributed by atoms with Crippen LogP contribution >= 0.6 is 34.5 Å². The van der Waals surface area contributed by atoms with Gasteiger partial charge in [-0.05, 0) is 29.8 Å². The van der Waals surface area contributed by atoms with Gasteiger partial charge in [0, 0.05) is 30.5 Å². The molecule has 1 fully saturated rings. The highest BCUT2D eigenvalue weighted by Gasteiger charge is 2.35. The fourth-order valence-electron chi connectivity index (χ4n) is 3.20. The zero-order valence-corrected chi connectivity index (χ0v) is 17.6. The highest BCUT2D eigenvalue weighted by molar-refractivity contribution is 7.15. The van der Waals surface area contributed by atoms with E-state index in [1.807, 2.05) is 18.2 Å². The van der Waals surface area contributed by atoms with Crippen molar-refractivity contribution in [1.29, 1.82) is 0 Å². The normalized spacial score (nSPS) is 16.4.